The van der Waals surface area contributed by atoms with Crippen molar-refractivity contribution in [2.24, 2.45) is 0 Å². The van der Waals surface area contributed by atoms with Gasteiger partial charge < -0.3 is 19.3 Å². The predicted molar refractivity (Wildman–Crippen MR) is 123 cm³/mol. The largest absolute Gasteiger partial charge is 0.444 e. The first-order valence-electron chi connectivity index (χ1n) is 11.0. The number of rotatable bonds is 4. The van der Waals surface area contributed by atoms with Crippen molar-refractivity contribution < 1.29 is 14.3 Å². The molecule has 0 N–H and O–H groups in total. The van der Waals surface area contributed by atoms with Gasteiger partial charge in [-0.25, -0.2) is 9.78 Å². The molecule has 3 heterocycles. The van der Waals surface area contributed by atoms with E-state index < -0.39 is 5.60 Å². The first kappa shape index (κ1) is 21.2. The molecule has 1 aromatic carbocycles. The molecule has 164 valence electrons. The molecule has 1 aromatic heterocycles. The average Bonchev–Trinajstić information content (AvgIpc) is 2.68. The first-order chi connectivity index (χ1) is 14.9. The van der Waals surface area contributed by atoms with E-state index in [0.717, 1.165) is 42.9 Å². The summed E-state index contributed by atoms with van der Waals surface area (Å²) in [6, 6.07) is 12.0. The molecule has 2 aliphatic rings. The van der Waals surface area contributed by atoms with Crippen molar-refractivity contribution in [3.8, 4) is 11.6 Å². The van der Waals surface area contributed by atoms with Crippen molar-refractivity contribution in [1.29, 1.82) is 0 Å². The summed E-state index contributed by atoms with van der Waals surface area (Å²) in [7, 11) is 0. The van der Waals surface area contributed by atoms with Crippen molar-refractivity contribution in [3.05, 3.63) is 53.7 Å². The van der Waals surface area contributed by atoms with Gasteiger partial charge in [0.15, 0.2) is 0 Å². The van der Waals surface area contributed by atoms with Gasteiger partial charge in [0.25, 0.3) is 0 Å². The van der Waals surface area contributed by atoms with Gasteiger partial charge in [0, 0.05) is 32.2 Å². The second kappa shape index (κ2) is 9.00. The van der Waals surface area contributed by atoms with Gasteiger partial charge in [-0.1, -0.05) is 23.8 Å². The van der Waals surface area contributed by atoms with Crippen molar-refractivity contribution in [1.82, 2.24) is 9.88 Å². The van der Waals surface area contributed by atoms with Crippen LogP contribution in [0.4, 0.5) is 10.5 Å². The molecule has 0 spiro atoms. The zero-order valence-corrected chi connectivity index (χ0v) is 18.6. The molecule has 2 fully saturated rings. The molecule has 0 atom stereocenters. The Bertz CT molecular complexity index is 933. The van der Waals surface area contributed by atoms with E-state index in [1.807, 2.05) is 51.2 Å². The third-order valence-corrected chi connectivity index (χ3v) is 5.45. The monoisotopic (exact) mass is 421 g/mol. The maximum atomic E-state index is 12.2. The summed E-state index contributed by atoms with van der Waals surface area (Å²) in [5, 5.41) is 0. The van der Waals surface area contributed by atoms with E-state index >= 15 is 0 Å². The Kier molecular flexibility index (Phi) is 6.16. The van der Waals surface area contributed by atoms with Gasteiger partial charge in [0.05, 0.1) is 11.9 Å². The Balaban J connectivity index is 1.34. The molecule has 0 bridgehead atoms. The SMILES string of the molecule is CC(C)(C)OC(=O)N1CCC(=Cc2cccc(Oc3ccc(N4CCC4)cn3)c2)CC1. The summed E-state index contributed by atoms with van der Waals surface area (Å²) in [6.07, 6.45) is 6.79. The Labute approximate surface area is 184 Å². The number of anilines is 1. The lowest BCUT2D eigenvalue weighted by atomic mass is 10.0. The van der Waals surface area contributed by atoms with Crippen LogP contribution in [0.15, 0.2) is 48.2 Å². The number of carbonyl (C=O) groups is 1. The van der Waals surface area contributed by atoms with E-state index in [9.17, 15) is 4.79 Å². The van der Waals surface area contributed by atoms with E-state index in [0.29, 0.717) is 19.0 Å². The molecule has 2 saturated heterocycles. The van der Waals surface area contributed by atoms with Crippen LogP contribution < -0.4 is 9.64 Å². The first-order valence-corrected chi connectivity index (χ1v) is 11.0. The molecular formula is C25H31N3O3. The van der Waals surface area contributed by atoms with Crippen LogP contribution in [0.5, 0.6) is 11.6 Å². The number of piperidine rings is 1. The van der Waals surface area contributed by atoms with Crippen LogP contribution in [0, 0.1) is 0 Å². The molecule has 4 rings (SSSR count). The summed E-state index contributed by atoms with van der Waals surface area (Å²) < 4.78 is 11.4. The molecule has 31 heavy (non-hydrogen) atoms. The highest BCUT2D eigenvalue weighted by Gasteiger charge is 2.24. The minimum atomic E-state index is -0.461. The number of hydrogen-bond donors (Lipinski definition) is 0. The Morgan fingerprint density at radius 2 is 1.84 bits per heavy atom. The zero-order chi connectivity index (χ0) is 21.8. The van der Waals surface area contributed by atoms with Crippen LogP contribution in [0.25, 0.3) is 6.08 Å². The van der Waals surface area contributed by atoms with Gasteiger partial charge in [-0.05, 0) is 63.8 Å². The second-order valence-electron chi connectivity index (χ2n) is 9.14. The van der Waals surface area contributed by atoms with Crippen molar-refractivity contribution in [3.63, 3.8) is 0 Å². The van der Waals surface area contributed by atoms with Gasteiger partial charge in [-0.15, -0.1) is 0 Å². The highest BCUT2D eigenvalue weighted by Crippen LogP contribution is 2.26. The van der Waals surface area contributed by atoms with E-state index in [1.54, 1.807) is 4.90 Å². The van der Waals surface area contributed by atoms with Gasteiger partial charge in [0.2, 0.25) is 5.88 Å². The van der Waals surface area contributed by atoms with Crippen LogP contribution in [-0.2, 0) is 4.74 Å². The number of carbonyl (C=O) groups excluding carboxylic acids is 1. The third kappa shape index (κ3) is 5.78. The maximum absolute atomic E-state index is 12.2. The van der Waals surface area contributed by atoms with Crippen molar-refractivity contribution in [2.45, 2.75) is 45.6 Å². The molecule has 0 aliphatic carbocycles. The average molecular weight is 422 g/mol. The van der Waals surface area contributed by atoms with E-state index in [4.69, 9.17) is 9.47 Å². The highest BCUT2D eigenvalue weighted by molar-refractivity contribution is 5.68. The van der Waals surface area contributed by atoms with Gasteiger partial charge >= 0.3 is 6.09 Å². The van der Waals surface area contributed by atoms with E-state index in [-0.39, 0.29) is 6.09 Å². The van der Waals surface area contributed by atoms with E-state index in [1.165, 1.54) is 12.0 Å². The standard InChI is InChI=1S/C25H31N3O3/c1-25(2,3)31-24(29)28-14-10-19(11-15-28)16-20-6-4-7-22(17-20)30-23-9-8-21(18-26-23)27-12-5-13-27/h4,6-9,16-18H,5,10-15H2,1-3H3. The van der Waals surface area contributed by atoms with E-state index in [2.05, 4.69) is 28.1 Å². The molecule has 0 saturated carbocycles. The number of ether oxygens (including phenoxy) is 2. The Hall–Kier alpha value is -3.02. The summed E-state index contributed by atoms with van der Waals surface area (Å²) >= 11 is 0. The topological polar surface area (TPSA) is 54.9 Å². The molecular weight excluding hydrogens is 390 g/mol. The van der Waals surface area contributed by atoms with Gasteiger partial charge in [-0.3, -0.25) is 0 Å². The van der Waals surface area contributed by atoms with Gasteiger partial charge in [-0.2, -0.15) is 0 Å². The maximum Gasteiger partial charge on any atom is 0.410 e. The second-order valence-corrected chi connectivity index (χ2v) is 9.14. The molecule has 2 aromatic rings. The van der Waals surface area contributed by atoms with Crippen LogP contribution >= 0.6 is 0 Å². The Morgan fingerprint density at radius 1 is 1.06 bits per heavy atom. The third-order valence-electron chi connectivity index (χ3n) is 5.45. The number of likely N-dealkylation sites (tertiary alicyclic amines) is 1. The fourth-order valence-corrected chi connectivity index (χ4v) is 3.67. The quantitative estimate of drug-likeness (QED) is 0.653. The fourth-order valence-electron chi connectivity index (χ4n) is 3.67. The molecule has 0 unspecified atom stereocenters. The molecule has 0 radical (unpaired) electrons. The van der Waals surface area contributed by atoms with Crippen LogP contribution in [0.3, 0.4) is 0 Å². The number of aromatic nitrogens is 1. The number of amides is 1. The van der Waals surface area contributed by atoms with Crippen LogP contribution in [0.2, 0.25) is 0 Å². The van der Waals surface area contributed by atoms with Gasteiger partial charge in [0.1, 0.15) is 11.4 Å². The molecule has 2 aliphatic heterocycles. The highest BCUT2D eigenvalue weighted by atomic mass is 16.6. The lowest BCUT2D eigenvalue weighted by Gasteiger charge is -2.32. The summed E-state index contributed by atoms with van der Waals surface area (Å²) in [5.41, 5.74) is 3.11. The normalized spacial score (nSPS) is 16.5. The zero-order valence-electron chi connectivity index (χ0n) is 18.6. The van der Waals surface area contributed by atoms with Crippen LogP contribution in [0.1, 0.15) is 45.6 Å². The number of hydrogen-bond acceptors (Lipinski definition) is 5. The fraction of sp³-hybridized carbons (Fsp3) is 0.440. The Morgan fingerprint density at radius 3 is 2.45 bits per heavy atom. The number of pyridine rings is 1. The minimum Gasteiger partial charge on any atom is -0.444 e. The summed E-state index contributed by atoms with van der Waals surface area (Å²) in [6.45, 7) is 9.26. The van der Waals surface area contributed by atoms with Crippen LogP contribution in [-0.4, -0.2) is 47.8 Å². The molecule has 1 amide bonds. The lowest BCUT2D eigenvalue weighted by Crippen LogP contribution is -2.40. The molecule has 6 heteroatoms. The van der Waals surface area contributed by atoms with Crippen molar-refractivity contribution >= 4 is 17.9 Å². The smallest absolute Gasteiger partial charge is 0.410 e. The molecule has 6 nitrogen and oxygen atoms in total. The summed E-state index contributed by atoms with van der Waals surface area (Å²) in [4.78, 5) is 20.8. The lowest BCUT2D eigenvalue weighted by molar-refractivity contribution is 0.0237. The number of nitrogens with zero attached hydrogens (tertiary/aromatic N) is 3. The minimum absolute atomic E-state index is 0.227. The number of benzene rings is 1. The summed E-state index contributed by atoms with van der Waals surface area (Å²) in [5.74, 6) is 1.37. The van der Waals surface area contributed by atoms with Crippen molar-refractivity contribution in [2.75, 3.05) is 31.1 Å². The predicted octanol–water partition coefficient (Wildman–Crippen LogP) is 5.50.